The van der Waals surface area contributed by atoms with Crippen LogP contribution in [0.4, 0.5) is 0 Å². The maximum atomic E-state index is 10.4. The molecule has 3 rings (SSSR count). The molecule has 0 aromatic heterocycles. The summed E-state index contributed by atoms with van der Waals surface area (Å²) in [6.45, 7) is 6.35. The van der Waals surface area contributed by atoms with Crippen LogP contribution < -0.4 is 5.32 Å². The van der Waals surface area contributed by atoms with Crippen molar-refractivity contribution in [2.45, 2.75) is 19.4 Å². The molecule has 2 aromatic carbocycles. The molecule has 0 spiro atoms. The molecule has 5 heteroatoms. The van der Waals surface area contributed by atoms with Gasteiger partial charge in [0.2, 0.25) is 0 Å². The number of hydrogen-bond donors (Lipinski definition) is 2. The van der Waals surface area contributed by atoms with Crippen LogP contribution >= 0.6 is 24.8 Å². The van der Waals surface area contributed by atoms with E-state index in [1.54, 1.807) is 0 Å². The lowest BCUT2D eigenvalue weighted by molar-refractivity contribution is 0.168. The molecule has 2 aromatic rings. The number of rotatable bonds is 3. The number of phenolic OH excluding ortho intramolecular Hbond substituents is 1. The highest BCUT2D eigenvalue weighted by molar-refractivity contribution is 5.88. The molecule has 2 N–H and O–H groups in total. The first-order valence-electron chi connectivity index (χ1n) is 7.46. The van der Waals surface area contributed by atoms with Crippen LogP contribution in [0.2, 0.25) is 0 Å². The predicted molar refractivity (Wildman–Crippen MR) is 97.6 cm³/mol. The molecule has 1 atom stereocenters. The molecule has 1 saturated heterocycles. The first kappa shape index (κ1) is 19.0. The normalized spacial score (nSPS) is 16.6. The Morgan fingerprint density at radius 2 is 1.77 bits per heavy atom. The van der Waals surface area contributed by atoms with Crippen LogP contribution in [-0.2, 0) is 0 Å². The second kappa shape index (κ2) is 8.59. The minimum absolute atomic E-state index is 0. The summed E-state index contributed by atoms with van der Waals surface area (Å²) in [7, 11) is 0. The summed E-state index contributed by atoms with van der Waals surface area (Å²) in [4.78, 5) is 2.48. The Balaban J connectivity index is 0.00000121. The SMILES string of the molecule is CC[C@H](c1c(O)ccc2ccccc12)N1CCNCC1.Cl.Cl. The molecule has 0 unspecified atom stereocenters. The quantitative estimate of drug-likeness (QED) is 0.891. The second-order valence-corrected chi connectivity index (χ2v) is 5.43. The first-order chi connectivity index (χ1) is 9.81. The van der Waals surface area contributed by atoms with Gasteiger partial charge in [-0.2, -0.15) is 0 Å². The second-order valence-electron chi connectivity index (χ2n) is 5.43. The molecule has 0 bridgehead atoms. The highest BCUT2D eigenvalue weighted by Crippen LogP contribution is 2.37. The standard InChI is InChI=1S/C17H22N2O.2ClH/c1-2-15(19-11-9-18-10-12-19)17-14-6-4-3-5-13(14)7-8-16(17)20;;/h3-8,15,18,20H,2,9-12H2,1H3;2*1H/t15-;;/m1../s1. The highest BCUT2D eigenvalue weighted by atomic mass is 35.5. The number of nitrogens with one attached hydrogen (secondary N) is 1. The van der Waals surface area contributed by atoms with Crippen molar-refractivity contribution < 1.29 is 5.11 Å². The third kappa shape index (κ3) is 3.66. The first-order valence-corrected chi connectivity index (χ1v) is 7.46. The van der Waals surface area contributed by atoms with Crippen LogP contribution in [0.3, 0.4) is 0 Å². The van der Waals surface area contributed by atoms with E-state index in [9.17, 15) is 5.11 Å². The van der Waals surface area contributed by atoms with Crippen molar-refractivity contribution in [1.29, 1.82) is 0 Å². The van der Waals surface area contributed by atoms with Crippen LogP contribution in [0.5, 0.6) is 5.75 Å². The zero-order chi connectivity index (χ0) is 13.9. The summed E-state index contributed by atoms with van der Waals surface area (Å²) < 4.78 is 0. The molecular weight excluding hydrogens is 319 g/mol. The Morgan fingerprint density at radius 1 is 1.09 bits per heavy atom. The van der Waals surface area contributed by atoms with Gasteiger partial charge < -0.3 is 10.4 Å². The lowest BCUT2D eigenvalue weighted by Crippen LogP contribution is -2.45. The Morgan fingerprint density at radius 3 is 2.45 bits per heavy atom. The van der Waals surface area contributed by atoms with Gasteiger partial charge in [-0.25, -0.2) is 0 Å². The van der Waals surface area contributed by atoms with Gasteiger partial charge in [0.15, 0.2) is 0 Å². The summed E-state index contributed by atoms with van der Waals surface area (Å²) in [5.41, 5.74) is 1.09. The lowest BCUT2D eigenvalue weighted by atomic mass is 9.94. The van der Waals surface area contributed by atoms with Gasteiger partial charge in [0.25, 0.3) is 0 Å². The van der Waals surface area contributed by atoms with Crippen LogP contribution in [0.25, 0.3) is 10.8 Å². The number of nitrogens with zero attached hydrogens (tertiary/aromatic N) is 1. The van der Waals surface area contributed by atoms with Gasteiger partial charge in [-0.05, 0) is 23.3 Å². The Bertz CT molecular complexity index is 600. The topological polar surface area (TPSA) is 35.5 Å². The molecular formula is C17H24Cl2N2O. The van der Waals surface area contributed by atoms with Crippen molar-refractivity contribution in [2.24, 2.45) is 0 Å². The highest BCUT2D eigenvalue weighted by Gasteiger charge is 2.24. The van der Waals surface area contributed by atoms with Gasteiger partial charge in [-0.3, -0.25) is 4.90 Å². The van der Waals surface area contributed by atoms with Crippen LogP contribution in [0, 0.1) is 0 Å². The van der Waals surface area contributed by atoms with E-state index in [4.69, 9.17) is 0 Å². The summed E-state index contributed by atoms with van der Waals surface area (Å²) in [6, 6.07) is 12.5. The molecule has 1 aliphatic rings. The van der Waals surface area contributed by atoms with E-state index in [0.717, 1.165) is 38.2 Å². The van der Waals surface area contributed by atoms with Crippen molar-refractivity contribution in [2.75, 3.05) is 26.2 Å². The molecule has 0 radical (unpaired) electrons. The van der Waals surface area contributed by atoms with E-state index in [1.807, 2.05) is 12.1 Å². The third-order valence-electron chi connectivity index (χ3n) is 4.26. The smallest absolute Gasteiger partial charge is 0.121 e. The van der Waals surface area contributed by atoms with E-state index < -0.39 is 0 Å². The number of hydrogen-bond acceptors (Lipinski definition) is 3. The molecule has 0 saturated carbocycles. The summed E-state index contributed by atoms with van der Waals surface area (Å²) in [5, 5.41) is 16.2. The van der Waals surface area contributed by atoms with E-state index >= 15 is 0 Å². The molecule has 122 valence electrons. The fraction of sp³-hybridized carbons (Fsp3) is 0.412. The largest absolute Gasteiger partial charge is 0.508 e. The molecule has 1 fully saturated rings. The number of piperazine rings is 1. The van der Waals surface area contributed by atoms with Gasteiger partial charge in [0.1, 0.15) is 5.75 Å². The van der Waals surface area contributed by atoms with Gasteiger partial charge in [-0.15, -0.1) is 24.8 Å². The zero-order valence-electron chi connectivity index (χ0n) is 12.8. The van der Waals surface area contributed by atoms with Crippen LogP contribution in [0.15, 0.2) is 36.4 Å². The van der Waals surface area contributed by atoms with Crippen molar-refractivity contribution in [3.05, 3.63) is 42.0 Å². The summed E-state index contributed by atoms with van der Waals surface area (Å²) >= 11 is 0. The fourth-order valence-corrected chi connectivity index (χ4v) is 3.27. The van der Waals surface area contributed by atoms with Crippen molar-refractivity contribution in [3.63, 3.8) is 0 Å². The Hall–Kier alpha value is -1.00. The fourth-order valence-electron chi connectivity index (χ4n) is 3.27. The van der Waals surface area contributed by atoms with Crippen molar-refractivity contribution in [1.82, 2.24) is 10.2 Å². The molecule has 0 amide bonds. The molecule has 3 nitrogen and oxygen atoms in total. The number of benzene rings is 2. The lowest BCUT2D eigenvalue weighted by Gasteiger charge is -2.35. The molecule has 1 aliphatic heterocycles. The number of aromatic hydroxyl groups is 1. The maximum Gasteiger partial charge on any atom is 0.121 e. The zero-order valence-corrected chi connectivity index (χ0v) is 14.4. The average molecular weight is 343 g/mol. The summed E-state index contributed by atoms with van der Waals surface area (Å²) in [5.74, 6) is 0.425. The minimum atomic E-state index is 0. The van der Waals surface area contributed by atoms with Gasteiger partial charge in [0.05, 0.1) is 0 Å². The number of phenols is 1. The predicted octanol–water partition coefficient (Wildman–Crippen LogP) is 3.75. The van der Waals surface area contributed by atoms with Crippen LogP contribution in [0.1, 0.15) is 24.9 Å². The minimum Gasteiger partial charge on any atom is -0.508 e. The van der Waals surface area contributed by atoms with E-state index in [0.29, 0.717) is 11.8 Å². The van der Waals surface area contributed by atoms with E-state index in [-0.39, 0.29) is 24.8 Å². The molecule has 1 heterocycles. The van der Waals surface area contributed by atoms with Gasteiger partial charge in [-0.1, -0.05) is 37.3 Å². The maximum absolute atomic E-state index is 10.4. The van der Waals surface area contributed by atoms with E-state index in [1.165, 1.54) is 10.8 Å². The third-order valence-corrected chi connectivity index (χ3v) is 4.26. The average Bonchev–Trinajstić information content (AvgIpc) is 2.51. The van der Waals surface area contributed by atoms with Crippen molar-refractivity contribution >= 4 is 35.6 Å². The van der Waals surface area contributed by atoms with Gasteiger partial charge in [0, 0.05) is 37.8 Å². The van der Waals surface area contributed by atoms with Crippen molar-refractivity contribution in [3.8, 4) is 5.75 Å². The molecule has 22 heavy (non-hydrogen) atoms. The summed E-state index contributed by atoms with van der Waals surface area (Å²) in [6.07, 6.45) is 1.02. The Kier molecular flexibility index (Phi) is 7.43. The monoisotopic (exact) mass is 342 g/mol. The van der Waals surface area contributed by atoms with Crippen LogP contribution in [-0.4, -0.2) is 36.2 Å². The molecule has 0 aliphatic carbocycles. The number of halogens is 2. The van der Waals surface area contributed by atoms with Gasteiger partial charge >= 0.3 is 0 Å². The van der Waals surface area contributed by atoms with E-state index in [2.05, 4.69) is 41.4 Å². The number of fused-ring (bicyclic) bond motifs is 1. The Labute approximate surface area is 144 Å².